The minimum absolute atomic E-state index is 0.317. The van der Waals surface area contributed by atoms with Crippen LogP contribution in [0.5, 0.6) is 0 Å². The summed E-state index contributed by atoms with van der Waals surface area (Å²) in [7, 11) is 0. The van der Waals surface area contributed by atoms with Crippen molar-refractivity contribution in [1.29, 1.82) is 5.26 Å². The first-order valence-electron chi connectivity index (χ1n) is 16.8. The zero-order chi connectivity index (χ0) is 36.4. The standard InChI is InChI=1S/C45H26N4O4/c1-47-39(45(52)53)21-27-11-17-43-38(20-27)36-7-3-5-9-41(36)49(43)32-13-15-34-29(24-32)22-28-23-31(12-14-33(28)34)48-40-8-4-2-6-35(40)37-19-26(10-16-42(37)48)18-30(25-46)44(50)51/h2-21,23-24H,22H2,(H,50,51)(H,52,53)/b30-18+,39-21?. The second kappa shape index (κ2) is 12.0. The quantitative estimate of drug-likeness (QED) is 0.103. The SMILES string of the molecule is [C-]#[N+]C(=Cc1ccc2c(c1)c1ccccc1n2-c1ccc2c(c1)Cc1cc(-n3c4ccccc4c4cc(/C=C(\C#N)C(=O)O)ccc43)ccc1-2)C(=O)O. The van der Waals surface area contributed by atoms with Gasteiger partial charge in [-0.3, -0.25) is 4.79 Å². The van der Waals surface area contributed by atoms with Gasteiger partial charge in [-0.2, -0.15) is 5.26 Å². The van der Waals surface area contributed by atoms with E-state index in [0.29, 0.717) is 11.1 Å². The van der Waals surface area contributed by atoms with Crippen molar-refractivity contribution in [1.82, 2.24) is 9.13 Å². The van der Waals surface area contributed by atoms with Crippen molar-refractivity contribution in [2.24, 2.45) is 0 Å². The minimum Gasteiger partial charge on any atom is -0.486 e. The fourth-order valence-electron chi connectivity index (χ4n) is 7.79. The Morgan fingerprint density at radius 2 is 1.11 bits per heavy atom. The van der Waals surface area contributed by atoms with Crippen LogP contribution in [-0.2, 0) is 16.0 Å². The van der Waals surface area contributed by atoms with E-state index in [9.17, 15) is 25.1 Å². The summed E-state index contributed by atoms with van der Waals surface area (Å²) in [5.41, 5.74) is 11.5. The Morgan fingerprint density at radius 1 is 0.623 bits per heavy atom. The lowest BCUT2D eigenvalue weighted by Crippen LogP contribution is -1.97. The van der Waals surface area contributed by atoms with Gasteiger partial charge in [-0.05, 0) is 113 Å². The monoisotopic (exact) mass is 686 g/mol. The lowest BCUT2D eigenvalue weighted by atomic mass is 10.0. The fourth-order valence-corrected chi connectivity index (χ4v) is 7.79. The minimum atomic E-state index is -1.26. The third-order valence-electron chi connectivity index (χ3n) is 10.1. The Morgan fingerprint density at radius 3 is 1.58 bits per heavy atom. The number of fused-ring (bicyclic) bond motifs is 9. The number of carboxylic acids is 2. The van der Waals surface area contributed by atoms with E-state index in [1.807, 2.05) is 60.7 Å². The van der Waals surface area contributed by atoms with E-state index in [2.05, 4.69) is 74.6 Å². The zero-order valence-corrected chi connectivity index (χ0v) is 27.9. The highest BCUT2D eigenvalue weighted by atomic mass is 16.4. The number of rotatable bonds is 6. The largest absolute Gasteiger partial charge is 0.486 e. The van der Waals surface area contributed by atoms with Crippen LogP contribution in [0.25, 0.3) is 83.1 Å². The number of aromatic nitrogens is 2. The summed E-state index contributed by atoms with van der Waals surface area (Å²) < 4.78 is 4.46. The lowest BCUT2D eigenvalue weighted by Gasteiger charge is -2.11. The molecule has 0 atom stereocenters. The van der Waals surface area contributed by atoms with Crippen LogP contribution in [0.15, 0.2) is 133 Å². The molecule has 1 aliphatic carbocycles. The highest BCUT2D eigenvalue weighted by molar-refractivity contribution is 6.11. The Balaban J connectivity index is 1.12. The maximum absolute atomic E-state index is 11.5. The average molecular weight is 687 g/mol. The molecule has 0 saturated heterocycles. The van der Waals surface area contributed by atoms with Crippen LogP contribution in [0.1, 0.15) is 22.3 Å². The Hall–Kier alpha value is -7.68. The van der Waals surface area contributed by atoms with Gasteiger partial charge in [0.1, 0.15) is 11.6 Å². The van der Waals surface area contributed by atoms with Crippen LogP contribution in [-0.4, -0.2) is 31.3 Å². The summed E-state index contributed by atoms with van der Waals surface area (Å²) in [5, 5.41) is 32.1. The molecule has 1 aliphatic rings. The van der Waals surface area contributed by atoms with Gasteiger partial charge in [-0.1, -0.05) is 60.7 Å². The molecule has 0 amide bonds. The number of aliphatic carboxylic acids is 2. The van der Waals surface area contributed by atoms with Crippen molar-refractivity contribution >= 4 is 67.7 Å². The molecule has 0 fully saturated rings. The van der Waals surface area contributed by atoms with Crippen molar-refractivity contribution in [2.45, 2.75) is 6.42 Å². The van der Waals surface area contributed by atoms with Gasteiger partial charge in [0.25, 0.3) is 5.70 Å². The average Bonchev–Trinajstić information content (AvgIpc) is 3.82. The predicted octanol–water partition coefficient (Wildman–Crippen LogP) is 9.79. The molecule has 6 aromatic carbocycles. The molecule has 2 heterocycles. The molecule has 0 saturated carbocycles. The second-order valence-corrected chi connectivity index (χ2v) is 13.0. The van der Waals surface area contributed by atoms with Crippen LogP contribution in [0, 0.1) is 17.9 Å². The lowest BCUT2D eigenvalue weighted by molar-refractivity contribution is -0.133. The van der Waals surface area contributed by atoms with E-state index in [0.717, 1.165) is 61.4 Å². The van der Waals surface area contributed by atoms with Crippen molar-refractivity contribution < 1.29 is 19.8 Å². The summed E-state index contributed by atoms with van der Waals surface area (Å²) >= 11 is 0. The van der Waals surface area contributed by atoms with Crippen LogP contribution in [0.3, 0.4) is 0 Å². The van der Waals surface area contributed by atoms with Crippen molar-refractivity contribution in [3.8, 4) is 28.6 Å². The molecule has 53 heavy (non-hydrogen) atoms. The van der Waals surface area contributed by atoms with Crippen LogP contribution >= 0.6 is 0 Å². The van der Waals surface area contributed by atoms with Gasteiger partial charge in [0.15, 0.2) is 0 Å². The van der Waals surface area contributed by atoms with E-state index >= 15 is 0 Å². The van der Waals surface area contributed by atoms with Gasteiger partial charge in [-0.25, -0.2) is 9.64 Å². The maximum atomic E-state index is 11.5. The van der Waals surface area contributed by atoms with Gasteiger partial charge < -0.3 is 19.3 Å². The molecule has 8 aromatic rings. The number of nitrogens with zero attached hydrogens (tertiary/aromatic N) is 4. The van der Waals surface area contributed by atoms with E-state index in [4.69, 9.17) is 6.57 Å². The van der Waals surface area contributed by atoms with Gasteiger partial charge in [0.2, 0.25) is 0 Å². The predicted molar refractivity (Wildman–Crippen MR) is 207 cm³/mol. The molecule has 2 aromatic heterocycles. The maximum Gasteiger partial charge on any atom is 0.346 e. The van der Waals surface area contributed by atoms with Gasteiger partial charge in [-0.15, -0.1) is 0 Å². The topological polar surface area (TPSA) is 113 Å². The van der Waals surface area contributed by atoms with E-state index < -0.39 is 11.9 Å². The molecule has 0 unspecified atom stereocenters. The Labute approximate surface area is 302 Å². The molecular weight excluding hydrogens is 661 g/mol. The van der Waals surface area contributed by atoms with Gasteiger partial charge in [0, 0.05) is 32.9 Å². The summed E-state index contributed by atoms with van der Waals surface area (Å²) in [6.45, 7) is 7.26. The second-order valence-electron chi connectivity index (χ2n) is 13.0. The number of nitriles is 1. The highest BCUT2D eigenvalue weighted by Crippen LogP contribution is 2.42. The molecule has 0 spiro atoms. The Bertz CT molecular complexity index is 2860. The number of hydrogen-bond donors (Lipinski definition) is 2. The number of carbonyl (C=O) groups is 2. The summed E-state index contributed by atoms with van der Waals surface area (Å²) in [5.74, 6) is -2.50. The first-order valence-corrected chi connectivity index (χ1v) is 16.8. The Kier molecular flexibility index (Phi) is 7.08. The third-order valence-corrected chi connectivity index (χ3v) is 10.1. The smallest absolute Gasteiger partial charge is 0.346 e. The molecule has 2 N–H and O–H groups in total. The number of benzene rings is 6. The fraction of sp³-hybridized carbons (Fsp3) is 0.0222. The molecule has 8 nitrogen and oxygen atoms in total. The van der Waals surface area contributed by atoms with Crippen LogP contribution < -0.4 is 0 Å². The molecule has 0 bridgehead atoms. The highest BCUT2D eigenvalue weighted by Gasteiger charge is 2.22. The third kappa shape index (κ3) is 4.97. The zero-order valence-electron chi connectivity index (χ0n) is 27.9. The summed E-state index contributed by atoms with van der Waals surface area (Å²) in [4.78, 5) is 26.2. The van der Waals surface area contributed by atoms with Gasteiger partial charge in [0.05, 0.1) is 28.6 Å². The van der Waals surface area contributed by atoms with E-state index in [1.54, 1.807) is 6.07 Å². The first kappa shape index (κ1) is 31.3. The number of carboxylic acid groups (broad SMARTS) is 2. The van der Waals surface area contributed by atoms with Crippen LogP contribution in [0.2, 0.25) is 0 Å². The van der Waals surface area contributed by atoms with Gasteiger partial charge >= 0.3 is 11.9 Å². The number of para-hydroxylation sites is 2. The summed E-state index contributed by atoms with van der Waals surface area (Å²) in [6, 6.07) is 42.7. The molecule has 9 rings (SSSR count). The van der Waals surface area contributed by atoms with Crippen molar-refractivity contribution in [2.75, 3.05) is 0 Å². The van der Waals surface area contributed by atoms with Crippen LogP contribution in [0.4, 0.5) is 0 Å². The van der Waals surface area contributed by atoms with Crippen molar-refractivity contribution in [3.63, 3.8) is 0 Å². The summed E-state index contributed by atoms with van der Waals surface area (Å²) in [6.07, 6.45) is 3.56. The molecule has 0 radical (unpaired) electrons. The molecule has 8 heteroatoms. The molecule has 0 aliphatic heterocycles. The normalized spacial score (nSPS) is 12.6. The number of hydrogen-bond acceptors (Lipinski definition) is 3. The van der Waals surface area contributed by atoms with E-state index in [-0.39, 0.29) is 11.3 Å². The first-order chi connectivity index (χ1) is 25.8. The molecular formula is C45H26N4O4. The van der Waals surface area contributed by atoms with Crippen molar-refractivity contribution in [3.05, 3.63) is 166 Å². The van der Waals surface area contributed by atoms with E-state index in [1.165, 1.54) is 34.4 Å². The molecule has 250 valence electrons.